The minimum Gasteiger partial charge on any atom is -0.497 e. The predicted octanol–water partition coefficient (Wildman–Crippen LogP) is 4.61. The predicted molar refractivity (Wildman–Crippen MR) is 84.6 cm³/mol. The van der Waals surface area contributed by atoms with Crippen LogP contribution in [0.3, 0.4) is 0 Å². The third-order valence-corrected chi connectivity index (χ3v) is 4.25. The van der Waals surface area contributed by atoms with Crippen molar-refractivity contribution in [2.75, 3.05) is 7.11 Å². The van der Waals surface area contributed by atoms with Crippen molar-refractivity contribution in [3.05, 3.63) is 64.0 Å². The lowest BCUT2D eigenvalue weighted by molar-refractivity contribution is 0.414. The Morgan fingerprint density at radius 3 is 2.62 bits per heavy atom. The van der Waals surface area contributed by atoms with Crippen molar-refractivity contribution < 1.29 is 9.15 Å². The summed E-state index contributed by atoms with van der Waals surface area (Å²) in [6, 6.07) is 12.5. The summed E-state index contributed by atoms with van der Waals surface area (Å²) < 4.78 is 10.7. The average molecular weight is 319 g/mol. The number of fused-ring (bicyclic) bond motifs is 1. The first-order chi connectivity index (χ1) is 10.2. The summed E-state index contributed by atoms with van der Waals surface area (Å²) in [5, 5.41) is 1.20. The van der Waals surface area contributed by atoms with Gasteiger partial charge in [-0.3, -0.25) is 4.79 Å². The van der Waals surface area contributed by atoms with E-state index in [-0.39, 0.29) is 5.43 Å². The first-order valence-electron chi connectivity index (χ1n) is 6.20. The number of methoxy groups -OCH3 is 1. The van der Waals surface area contributed by atoms with E-state index in [0.717, 1.165) is 4.90 Å². The normalized spacial score (nSPS) is 10.8. The van der Waals surface area contributed by atoms with Crippen LogP contribution in [0.25, 0.3) is 11.0 Å². The first-order valence-corrected chi connectivity index (χ1v) is 7.40. The lowest BCUT2D eigenvalue weighted by atomic mass is 10.2. The minimum absolute atomic E-state index is 0.0566. The van der Waals surface area contributed by atoms with Gasteiger partial charge in [-0.25, -0.2) is 0 Å². The van der Waals surface area contributed by atoms with Crippen LogP contribution in [0, 0.1) is 0 Å². The zero-order valence-corrected chi connectivity index (χ0v) is 12.7. The fourth-order valence-corrected chi connectivity index (χ4v) is 2.87. The zero-order valence-electron chi connectivity index (χ0n) is 11.1. The molecule has 2 aromatic carbocycles. The van der Waals surface area contributed by atoms with E-state index in [1.807, 2.05) is 12.1 Å². The third kappa shape index (κ3) is 2.91. The summed E-state index contributed by atoms with van der Waals surface area (Å²) in [6.45, 7) is 0. The van der Waals surface area contributed by atoms with Crippen LogP contribution in [0.2, 0.25) is 5.02 Å². The second kappa shape index (κ2) is 5.84. The molecule has 21 heavy (non-hydrogen) atoms. The van der Waals surface area contributed by atoms with Crippen LogP contribution in [0.1, 0.15) is 0 Å². The Balaban J connectivity index is 2.02. The summed E-state index contributed by atoms with van der Waals surface area (Å²) in [5.74, 6) is 0.656. The van der Waals surface area contributed by atoms with E-state index in [4.69, 9.17) is 20.8 Å². The molecular formula is C16H11ClO3S. The average Bonchev–Trinajstić information content (AvgIpc) is 2.52. The fraction of sp³-hybridized carbons (Fsp3) is 0.0625. The number of hydrogen-bond donors (Lipinski definition) is 0. The minimum atomic E-state index is -0.0566. The van der Waals surface area contributed by atoms with Crippen molar-refractivity contribution >= 4 is 34.3 Å². The fourth-order valence-electron chi connectivity index (χ4n) is 1.92. The van der Waals surface area contributed by atoms with E-state index in [9.17, 15) is 4.79 Å². The molecule has 3 rings (SSSR count). The lowest BCUT2D eigenvalue weighted by Gasteiger charge is -2.04. The van der Waals surface area contributed by atoms with Gasteiger partial charge in [0.2, 0.25) is 5.43 Å². The molecule has 0 bridgehead atoms. The molecule has 0 amide bonds. The molecule has 0 aliphatic heterocycles. The molecular weight excluding hydrogens is 308 g/mol. The number of benzene rings is 2. The molecule has 0 saturated heterocycles. The van der Waals surface area contributed by atoms with Gasteiger partial charge in [0.05, 0.1) is 17.4 Å². The quantitative estimate of drug-likeness (QED) is 0.707. The smallest absolute Gasteiger partial charge is 0.206 e. The second-order valence-corrected chi connectivity index (χ2v) is 5.90. The van der Waals surface area contributed by atoms with Crippen LogP contribution < -0.4 is 10.2 Å². The summed E-state index contributed by atoms with van der Waals surface area (Å²) in [5.41, 5.74) is 0.457. The maximum absolute atomic E-state index is 12.5. The van der Waals surface area contributed by atoms with Crippen molar-refractivity contribution in [2.45, 2.75) is 9.79 Å². The lowest BCUT2D eigenvalue weighted by Crippen LogP contribution is -2.03. The Morgan fingerprint density at radius 2 is 1.90 bits per heavy atom. The molecule has 0 fully saturated rings. The SMILES string of the molecule is COc1ccc2c(=O)c(Sc3ccc(Cl)cc3)coc2c1. The topological polar surface area (TPSA) is 39.4 Å². The summed E-state index contributed by atoms with van der Waals surface area (Å²) in [7, 11) is 1.57. The van der Waals surface area contributed by atoms with Gasteiger partial charge < -0.3 is 9.15 Å². The molecule has 5 heteroatoms. The van der Waals surface area contributed by atoms with Gasteiger partial charge in [0.1, 0.15) is 17.6 Å². The van der Waals surface area contributed by atoms with Gasteiger partial charge >= 0.3 is 0 Å². The van der Waals surface area contributed by atoms with E-state index in [2.05, 4.69) is 0 Å². The van der Waals surface area contributed by atoms with Gasteiger partial charge in [-0.15, -0.1) is 0 Å². The maximum Gasteiger partial charge on any atom is 0.206 e. The number of rotatable bonds is 3. The van der Waals surface area contributed by atoms with E-state index >= 15 is 0 Å². The molecule has 0 unspecified atom stereocenters. The van der Waals surface area contributed by atoms with Gasteiger partial charge in [-0.05, 0) is 36.4 Å². The molecule has 0 radical (unpaired) electrons. The number of hydrogen-bond acceptors (Lipinski definition) is 4. The maximum atomic E-state index is 12.5. The van der Waals surface area contributed by atoms with E-state index in [1.54, 1.807) is 37.4 Å². The Bertz CT molecular complexity index is 840. The van der Waals surface area contributed by atoms with Gasteiger partial charge in [0.25, 0.3) is 0 Å². The van der Waals surface area contributed by atoms with Gasteiger partial charge in [-0.1, -0.05) is 23.4 Å². The molecule has 0 N–H and O–H groups in total. The van der Waals surface area contributed by atoms with Crippen molar-refractivity contribution in [1.82, 2.24) is 0 Å². The summed E-state index contributed by atoms with van der Waals surface area (Å²) in [6.07, 6.45) is 1.48. The monoisotopic (exact) mass is 318 g/mol. The van der Waals surface area contributed by atoms with Crippen LogP contribution in [0.4, 0.5) is 0 Å². The highest BCUT2D eigenvalue weighted by molar-refractivity contribution is 7.99. The highest BCUT2D eigenvalue weighted by Crippen LogP contribution is 2.28. The Hall–Kier alpha value is -1.91. The Kier molecular flexibility index (Phi) is 3.90. The van der Waals surface area contributed by atoms with Crippen LogP contribution in [-0.4, -0.2) is 7.11 Å². The molecule has 106 valence electrons. The second-order valence-electron chi connectivity index (χ2n) is 4.35. The van der Waals surface area contributed by atoms with Crippen molar-refractivity contribution in [1.29, 1.82) is 0 Å². The molecule has 0 aliphatic rings. The van der Waals surface area contributed by atoms with Gasteiger partial charge in [0.15, 0.2) is 0 Å². The standard InChI is InChI=1S/C16H11ClO3S/c1-19-11-4-7-13-14(8-11)20-9-15(16(13)18)21-12-5-2-10(17)3-6-12/h2-9H,1H3. The van der Waals surface area contributed by atoms with Crippen molar-refractivity contribution in [3.8, 4) is 5.75 Å². The zero-order chi connectivity index (χ0) is 14.8. The number of ether oxygens (including phenoxy) is 1. The van der Waals surface area contributed by atoms with Gasteiger partial charge in [0, 0.05) is 16.0 Å². The van der Waals surface area contributed by atoms with E-state index in [0.29, 0.717) is 26.6 Å². The van der Waals surface area contributed by atoms with Crippen molar-refractivity contribution in [2.24, 2.45) is 0 Å². The van der Waals surface area contributed by atoms with Crippen LogP contribution >= 0.6 is 23.4 Å². The molecule has 0 aliphatic carbocycles. The summed E-state index contributed by atoms with van der Waals surface area (Å²) >= 11 is 7.20. The van der Waals surface area contributed by atoms with Gasteiger partial charge in [-0.2, -0.15) is 0 Å². The van der Waals surface area contributed by atoms with Crippen LogP contribution in [0.15, 0.2) is 67.7 Å². The van der Waals surface area contributed by atoms with Crippen molar-refractivity contribution in [3.63, 3.8) is 0 Å². The Morgan fingerprint density at radius 1 is 1.14 bits per heavy atom. The molecule has 1 heterocycles. The molecule has 0 atom stereocenters. The molecule has 0 saturated carbocycles. The molecule has 0 spiro atoms. The number of halogens is 1. The highest BCUT2D eigenvalue weighted by atomic mass is 35.5. The van der Waals surface area contributed by atoms with E-state index in [1.165, 1.54) is 18.0 Å². The largest absolute Gasteiger partial charge is 0.497 e. The first kappa shape index (κ1) is 14.0. The van der Waals surface area contributed by atoms with E-state index < -0.39 is 0 Å². The highest BCUT2D eigenvalue weighted by Gasteiger charge is 2.09. The van der Waals surface area contributed by atoms with Crippen LogP contribution in [0.5, 0.6) is 5.75 Å². The molecule has 3 nitrogen and oxygen atoms in total. The Labute approximate surface area is 130 Å². The summed E-state index contributed by atoms with van der Waals surface area (Å²) in [4.78, 5) is 13.9. The third-order valence-electron chi connectivity index (χ3n) is 2.99. The van der Waals surface area contributed by atoms with Crippen LogP contribution in [-0.2, 0) is 0 Å². The molecule has 3 aromatic rings. The molecule has 1 aromatic heterocycles.